The van der Waals surface area contributed by atoms with Crippen molar-refractivity contribution in [1.82, 2.24) is 10.2 Å². The number of carbonyl (C=O) groups is 1. The predicted molar refractivity (Wildman–Crippen MR) is 73.3 cm³/mol. The third kappa shape index (κ3) is 4.58. The van der Waals surface area contributed by atoms with Crippen molar-refractivity contribution in [1.29, 1.82) is 0 Å². The number of likely N-dealkylation sites (tertiary alicyclic amines) is 1. The number of hydrogen-bond acceptors (Lipinski definition) is 3. The number of carbonyl (C=O) groups excluding carboxylic acids is 1. The van der Waals surface area contributed by atoms with Gasteiger partial charge in [0.05, 0.1) is 6.61 Å². The SMILES string of the molecule is CCCC(=O)N1CC(NCCO)CC(C(C)C)C1. The average Bonchev–Trinajstić information content (AvgIpc) is 2.36. The summed E-state index contributed by atoms with van der Waals surface area (Å²) in [6, 6.07) is 0.333. The fraction of sp³-hybridized carbons (Fsp3) is 0.929. The molecule has 1 aliphatic heterocycles. The minimum Gasteiger partial charge on any atom is -0.395 e. The molecule has 1 rings (SSSR count). The summed E-state index contributed by atoms with van der Waals surface area (Å²) in [6.07, 6.45) is 2.67. The van der Waals surface area contributed by atoms with Gasteiger partial charge in [0.2, 0.25) is 5.91 Å². The van der Waals surface area contributed by atoms with Crippen LogP contribution in [0.2, 0.25) is 0 Å². The fourth-order valence-corrected chi connectivity index (χ4v) is 2.61. The van der Waals surface area contributed by atoms with Crippen LogP contribution >= 0.6 is 0 Å². The zero-order valence-electron chi connectivity index (χ0n) is 12.0. The van der Waals surface area contributed by atoms with Crippen LogP contribution in [0.1, 0.15) is 40.0 Å². The van der Waals surface area contributed by atoms with E-state index in [-0.39, 0.29) is 12.5 Å². The number of amides is 1. The third-order valence-electron chi connectivity index (χ3n) is 3.79. The lowest BCUT2D eigenvalue weighted by atomic mass is 9.85. The maximum absolute atomic E-state index is 12.0. The van der Waals surface area contributed by atoms with E-state index in [1.807, 2.05) is 11.8 Å². The molecule has 0 bridgehead atoms. The number of nitrogens with zero attached hydrogens (tertiary/aromatic N) is 1. The average molecular weight is 256 g/mol. The van der Waals surface area contributed by atoms with Gasteiger partial charge in [0.1, 0.15) is 0 Å². The summed E-state index contributed by atoms with van der Waals surface area (Å²) in [5.41, 5.74) is 0. The van der Waals surface area contributed by atoms with Gasteiger partial charge in [0, 0.05) is 32.1 Å². The standard InChI is InChI=1S/C14H28N2O2/c1-4-5-14(18)16-9-12(11(2)3)8-13(10-16)15-6-7-17/h11-13,15,17H,4-10H2,1-3H3. The van der Waals surface area contributed by atoms with E-state index in [2.05, 4.69) is 19.2 Å². The van der Waals surface area contributed by atoms with E-state index in [1.165, 1.54) is 0 Å². The normalized spacial score (nSPS) is 24.6. The lowest BCUT2D eigenvalue weighted by molar-refractivity contribution is -0.134. The highest BCUT2D eigenvalue weighted by atomic mass is 16.3. The second-order valence-corrected chi connectivity index (χ2v) is 5.66. The van der Waals surface area contributed by atoms with Crippen LogP contribution in [0.4, 0.5) is 0 Å². The Morgan fingerprint density at radius 2 is 2.17 bits per heavy atom. The molecule has 106 valence electrons. The fourth-order valence-electron chi connectivity index (χ4n) is 2.61. The highest BCUT2D eigenvalue weighted by molar-refractivity contribution is 5.76. The largest absolute Gasteiger partial charge is 0.395 e. The molecule has 1 fully saturated rings. The molecule has 4 nitrogen and oxygen atoms in total. The van der Waals surface area contributed by atoms with E-state index < -0.39 is 0 Å². The Balaban J connectivity index is 2.58. The molecule has 0 saturated carbocycles. The maximum Gasteiger partial charge on any atom is 0.222 e. The van der Waals surface area contributed by atoms with Gasteiger partial charge in [-0.25, -0.2) is 0 Å². The molecule has 1 amide bonds. The van der Waals surface area contributed by atoms with E-state index >= 15 is 0 Å². The summed E-state index contributed by atoms with van der Waals surface area (Å²) in [6.45, 7) is 8.96. The van der Waals surface area contributed by atoms with Gasteiger partial charge in [-0.1, -0.05) is 20.8 Å². The van der Waals surface area contributed by atoms with Gasteiger partial charge in [-0.2, -0.15) is 0 Å². The van der Waals surface area contributed by atoms with Crippen molar-refractivity contribution in [3.05, 3.63) is 0 Å². The van der Waals surface area contributed by atoms with Crippen molar-refractivity contribution < 1.29 is 9.90 Å². The van der Waals surface area contributed by atoms with Crippen molar-refractivity contribution in [2.75, 3.05) is 26.2 Å². The van der Waals surface area contributed by atoms with Crippen LogP contribution in [0.15, 0.2) is 0 Å². The van der Waals surface area contributed by atoms with E-state index in [9.17, 15) is 4.79 Å². The molecular formula is C14H28N2O2. The first-order valence-electron chi connectivity index (χ1n) is 7.20. The smallest absolute Gasteiger partial charge is 0.222 e. The second kappa shape index (κ2) is 7.74. The van der Waals surface area contributed by atoms with Crippen LogP contribution in [-0.4, -0.2) is 48.2 Å². The van der Waals surface area contributed by atoms with Gasteiger partial charge in [0.15, 0.2) is 0 Å². The summed E-state index contributed by atoms with van der Waals surface area (Å²) in [4.78, 5) is 14.0. The molecule has 4 heteroatoms. The summed E-state index contributed by atoms with van der Waals surface area (Å²) in [5, 5.41) is 12.2. The number of nitrogens with one attached hydrogen (secondary N) is 1. The Hall–Kier alpha value is -0.610. The third-order valence-corrected chi connectivity index (χ3v) is 3.79. The molecule has 0 radical (unpaired) electrons. The van der Waals surface area contributed by atoms with Gasteiger partial charge in [0.25, 0.3) is 0 Å². The van der Waals surface area contributed by atoms with Crippen LogP contribution in [0.25, 0.3) is 0 Å². The minimum absolute atomic E-state index is 0.158. The Kier molecular flexibility index (Phi) is 6.65. The van der Waals surface area contributed by atoms with E-state index in [0.29, 0.717) is 30.8 Å². The van der Waals surface area contributed by atoms with Gasteiger partial charge in [-0.05, 0) is 24.7 Å². The summed E-state index contributed by atoms with van der Waals surface area (Å²) < 4.78 is 0. The second-order valence-electron chi connectivity index (χ2n) is 5.66. The highest BCUT2D eigenvalue weighted by Gasteiger charge is 2.30. The number of piperidine rings is 1. The van der Waals surface area contributed by atoms with Crippen LogP contribution in [0.5, 0.6) is 0 Å². The lowest BCUT2D eigenvalue weighted by Gasteiger charge is -2.40. The van der Waals surface area contributed by atoms with Gasteiger partial charge >= 0.3 is 0 Å². The van der Waals surface area contributed by atoms with Crippen LogP contribution < -0.4 is 5.32 Å². The Labute approximate surface area is 111 Å². The predicted octanol–water partition coefficient (Wildman–Crippen LogP) is 1.24. The van der Waals surface area contributed by atoms with E-state index in [1.54, 1.807) is 0 Å². The van der Waals surface area contributed by atoms with Crippen molar-refractivity contribution >= 4 is 5.91 Å². The molecular weight excluding hydrogens is 228 g/mol. The number of aliphatic hydroxyl groups excluding tert-OH is 1. The van der Waals surface area contributed by atoms with Crippen molar-refractivity contribution in [2.24, 2.45) is 11.8 Å². The molecule has 0 spiro atoms. The van der Waals surface area contributed by atoms with Crippen molar-refractivity contribution in [2.45, 2.75) is 46.1 Å². The first kappa shape index (κ1) is 15.4. The molecule has 2 N–H and O–H groups in total. The van der Waals surface area contributed by atoms with Gasteiger partial charge in [-0.15, -0.1) is 0 Å². The van der Waals surface area contributed by atoms with Crippen LogP contribution in [0, 0.1) is 11.8 Å². The molecule has 1 heterocycles. The van der Waals surface area contributed by atoms with Crippen LogP contribution in [0.3, 0.4) is 0 Å². The van der Waals surface area contributed by atoms with Gasteiger partial charge in [-0.3, -0.25) is 4.79 Å². The topological polar surface area (TPSA) is 52.6 Å². The summed E-state index contributed by atoms with van der Waals surface area (Å²) >= 11 is 0. The van der Waals surface area contributed by atoms with Crippen molar-refractivity contribution in [3.8, 4) is 0 Å². The molecule has 0 aromatic carbocycles. The molecule has 0 aromatic heterocycles. The number of rotatable bonds is 6. The maximum atomic E-state index is 12.0. The molecule has 0 aromatic rings. The summed E-state index contributed by atoms with van der Waals surface area (Å²) in [5.74, 6) is 1.44. The zero-order chi connectivity index (χ0) is 13.5. The summed E-state index contributed by atoms with van der Waals surface area (Å²) in [7, 11) is 0. The minimum atomic E-state index is 0.158. The Morgan fingerprint density at radius 3 is 2.72 bits per heavy atom. The zero-order valence-corrected chi connectivity index (χ0v) is 12.0. The first-order valence-corrected chi connectivity index (χ1v) is 7.20. The molecule has 0 aliphatic carbocycles. The van der Waals surface area contributed by atoms with Gasteiger partial charge < -0.3 is 15.3 Å². The molecule has 18 heavy (non-hydrogen) atoms. The quantitative estimate of drug-likeness (QED) is 0.752. The Morgan fingerprint density at radius 1 is 1.44 bits per heavy atom. The van der Waals surface area contributed by atoms with Crippen LogP contribution in [-0.2, 0) is 4.79 Å². The Bertz CT molecular complexity index is 256. The van der Waals surface area contributed by atoms with E-state index in [4.69, 9.17) is 5.11 Å². The molecule has 2 unspecified atom stereocenters. The lowest BCUT2D eigenvalue weighted by Crippen LogP contribution is -2.52. The molecule has 2 atom stereocenters. The monoisotopic (exact) mass is 256 g/mol. The number of aliphatic hydroxyl groups is 1. The molecule has 1 aliphatic rings. The van der Waals surface area contributed by atoms with Crippen molar-refractivity contribution in [3.63, 3.8) is 0 Å². The number of hydrogen-bond donors (Lipinski definition) is 2. The highest BCUT2D eigenvalue weighted by Crippen LogP contribution is 2.24. The molecule has 1 saturated heterocycles. The first-order chi connectivity index (χ1) is 8.58. The van der Waals surface area contributed by atoms with E-state index in [0.717, 1.165) is 25.9 Å².